The van der Waals surface area contributed by atoms with Crippen molar-refractivity contribution in [3.05, 3.63) is 0 Å². The van der Waals surface area contributed by atoms with Gasteiger partial charge in [-0.1, -0.05) is 0 Å². The maximum Gasteiger partial charge on any atom is 0.373 e. The number of hydrogen-bond donors (Lipinski definition) is 12. The molecule has 3 saturated heterocycles. The smallest absolute Gasteiger partial charge is 0.373 e. The summed E-state index contributed by atoms with van der Waals surface area (Å²) in [7, 11) is 5.12. The molecule has 4 aliphatic carbocycles. The van der Waals surface area contributed by atoms with Crippen molar-refractivity contribution in [2.75, 3.05) is 125 Å². The number of hydrogen-bond acceptors (Lipinski definition) is 18. The van der Waals surface area contributed by atoms with E-state index in [1.807, 2.05) is 0 Å². The predicted octanol–water partition coefficient (Wildman–Crippen LogP) is 0.223. The summed E-state index contributed by atoms with van der Waals surface area (Å²) in [6.07, 6.45) is 16.4. The fourth-order valence-corrected chi connectivity index (χ4v) is 10.5. The SMILES string of the molecule is CB(O)NC1CCC(N)CC1.CB(O)NC1CCC(NC(=O)CCl)CC1.CB(O)NC1CCC(NC(=O)CN2CCN(C)CC2)CC1.CN1CCN(CC(=O)NC2CCC(N)CC2)CC1.CN1CCNCC1.Cl.O=C(Cl)CCl. The first-order valence-electron chi connectivity index (χ1n) is 28.9. The molecule has 0 bridgehead atoms. The molecule has 3 amide bonds. The molecule has 21 nitrogen and oxygen atoms in total. The molecule has 0 aromatic rings. The highest BCUT2D eigenvalue weighted by Crippen LogP contribution is 2.21. The monoisotopic (exact) mass is 1190 g/mol. The van der Waals surface area contributed by atoms with Gasteiger partial charge in [-0.15, -0.1) is 35.6 Å². The third-order valence-corrected chi connectivity index (χ3v) is 15.8. The third-order valence-electron chi connectivity index (χ3n) is 15.0. The Morgan fingerprint density at radius 3 is 0.974 bits per heavy atom. The van der Waals surface area contributed by atoms with E-state index in [4.69, 9.17) is 56.3 Å². The lowest BCUT2D eigenvalue weighted by Crippen LogP contribution is -2.50. The van der Waals surface area contributed by atoms with E-state index >= 15 is 0 Å². The zero-order valence-electron chi connectivity index (χ0n) is 48.4. The van der Waals surface area contributed by atoms with Gasteiger partial charge in [0.15, 0.2) is 0 Å². The minimum Gasteiger partial charge on any atom is -0.437 e. The van der Waals surface area contributed by atoms with Crippen molar-refractivity contribution in [3.8, 4) is 0 Å². The largest absolute Gasteiger partial charge is 0.437 e. The molecule has 28 heteroatoms. The Bertz CT molecular complexity index is 1530. The van der Waals surface area contributed by atoms with E-state index in [0.29, 0.717) is 55.4 Å². The number of alkyl halides is 2. The molecule has 14 N–H and O–H groups in total. The Hall–Kier alpha value is -1.13. The van der Waals surface area contributed by atoms with E-state index < -0.39 is 19.3 Å². The first kappa shape index (κ1) is 74.9. The minimum atomic E-state index is -0.508. The molecule has 7 rings (SSSR count). The zero-order chi connectivity index (χ0) is 57.1. The number of halogens is 4. The van der Waals surface area contributed by atoms with Crippen LogP contribution in [-0.4, -0.2) is 257 Å². The van der Waals surface area contributed by atoms with Gasteiger partial charge < -0.3 is 78.2 Å². The van der Waals surface area contributed by atoms with Crippen molar-refractivity contribution < 1.29 is 34.3 Å². The van der Waals surface area contributed by atoms with Crippen LogP contribution in [-0.2, 0) is 19.2 Å². The lowest BCUT2D eigenvalue weighted by atomic mass is 9.82. The Labute approximate surface area is 492 Å². The summed E-state index contributed by atoms with van der Waals surface area (Å²) >= 11 is 15.0. The molecule has 0 spiro atoms. The van der Waals surface area contributed by atoms with Crippen molar-refractivity contribution in [1.82, 2.24) is 61.5 Å². The summed E-state index contributed by atoms with van der Waals surface area (Å²) in [4.78, 5) is 55.9. The van der Waals surface area contributed by atoms with Gasteiger partial charge >= 0.3 is 21.2 Å². The second kappa shape index (κ2) is 44.4. The lowest BCUT2D eigenvalue weighted by molar-refractivity contribution is -0.124. The number of likely N-dealkylation sites (N-methyl/N-ethyl adjacent to an activating group) is 3. The molecular weight excluding hydrogens is 1080 g/mol. The van der Waals surface area contributed by atoms with Gasteiger partial charge in [-0.3, -0.25) is 29.0 Å². The number of nitrogens with zero attached hydrogens (tertiary/aromatic N) is 5. The molecule has 0 aromatic carbocycles. The highest BCUT2D eigenvalue weighted by molar-refractivity contribution is 6.67. The van der Waals surface area contributed by atoms with Gasteiger partial charge in [0.05, 0.1) is 19.0 Å². The van der Waals surface area contributed by atoms with Crippen LogP contribution in [0.1, 0.15) is 103 Å². The van der Waals surface area contributed by atoms with Crippen LogP contribution in [0.2, 0.25) is 20.5 Å². The summed E-state index contributed by atoms with van der Waals surface area (Å²) < 4.78 is 0. The lowest BCUT2D eigenvalue weighted by Gasteiger charge is -2.33. The summed E-state index contributed by atoms with van der Waals surface area (Å²) in [6.45, 7) is 19.2. The van der Waals surface area contributed by atoms with Crippen molar-refractivity contribution in [2.45, 2.75) is 172 Å². The van der Waals surface area contributed by atoms with E-state index in [1.165, 1.54) is 13.1 Å². The van der Waals surface area contributed by atoms with Gasteiger partial charge in [-0.25, -0.2) is 0 Å². The van der Waals surface area contributed by atoms with Crippen LogP contribution >= 0.6 is 47.2 Å². The number of piperazine rings is 3. The van der Waals surface area contributed by atoms with Gasteiger partial charge in [-0.05, 0) is 174 Å². The average molecular weight is 1190 g/mol. The molecule has 78 heavy (non-hydrogen) atoms. The summed E-state index contributed by atoms with van der Waals surface area (Å²) in [5.74, 6) is 0.183. The van der Waals surface area contributed by atoms with Crippen LogP contribution in [0.15, 0.2) is 0 Å². The number of amides is 3. The van der Waals surface area contributed by atoms with E-state index in [1.54, 1.807) is 20.5 Å². The molecule has 4 saturated carbocycles. The molecule has 454 valence electrons. The van der Waals surface area contributed by atoms with Crippen LogP contribution in [0.5, 0.6) is 0 Å². The number of nitrogens with two attached hydrogens (primary N) is 2. The van der Waals surface area contributed by atoms with Crippen LogP contribution in [0.4, 0.5) is 0 Å². The maximum absolute atomic E-state index is 12.1. The summed E-state index contributed by atoms with van der Waals surface area (Å²) in [6, 6.07) is 2.88. The predicted molar refractivity (Wildman–Crippen MR) is 326 cm³/mol. The molecule has 7 fully saturated rings. The number of nitrogens with one attached hydrogen (secondary N) is 7. The van der Waals surface area contributed by atoms with Crippen LogP contribution in [0.25, 0.3) is 0 Å². The Morgan fingerprint density at radius 2 is 0.718 bits per heavy atom. The molecular formula is C50H105B3Cl4N14O7. The van der Waals surface area contributed by atoms with Gasteiger partial charge in [0.25, 0.3) is 0 Å². The summed E-state index contributed by atoms with van der Waals surface area (Å²) in [5, 5.41) is 48.8. The minimum absolute atomic E-state index is 0. The Balaban J connectivity index is 0.000000491. The first-order chi connectivity index (χ1) is 36.6. The molecule has 0 unspecified atom stereocenters. The number of rotatable bonds is 15. The number of carbonyl (C=O) groups excluding carboxylic acids is 4. The normalized spacial score (nSPS) is 27.1. The molecule has 7 aliphatic rings. The first-order valence-corrected chi connectivity index (χ1v) is 30.3. The van der Waals surface area contributed by atoms with Crippen molar-refractivity contribution in [1.29, 1.82) is 0 Å². The van der Waals surface area contributed by atoms with Crippen molar-refractivity contribution in [2.24, 2.45) is 11.5 Å². The van der Waals surface area contributed by atoms with E-state index in [9.17, 15) is 24.2 Å². The van der Waals surface area contributed by atoms with E-state index in [-0.39, 0.29) is 55.0 Å². The second-order valence-corrected chi connectivity index (χ2v) is 23.3. The second-order valence-electron chi connectivity index (χ2n) is 22.4. The Morgan fingerprint density at radius 1 is 0.462 bits per heavy atom. The summed E-state index contributed by atoms with van der Waals surface area (Å²) in [5.41, 5.74) is 11.6. The number of carbonyl (C=O) groups is 4. The van der Waals surface area contributed by atoms with Gasteiger partial charge in [-0.2, -0.15) is 0 Å². The highest BCUT2D eigenvalue weighted by Gasteiger charge is 2.27. The standard InChI is InChI=1S/C14H29BN4O2.C13H26N4O.C9H18BClN2O2.C7H17BN2O.C5H12N2.C2H2Cl2O.ClH/c1-15(21)17-13-5-3-12(4-6-13)16-14(20)11-19-9-7-18(2)8-10-19;1-16-6-8-17(9-7-16)10-13(18)15-12-4-2-11(14)3-5-12;1-10(15)13-8-4-2-7(3-5-8)12-9(14)6-11;1-8(11)10-7-4-2-6(9)3-5-7;1-7-4-2-6-3-5-7;3-1-2(4)5;/h12-13,17,21H,3-11H2,1-2H3,(H,16,20);11-12H,2-10,14H2,1H3,(H,15,18);7-8,13,15H,2-6H2,1H3,(H,12,14);6-7,10-11H,2-5,9H2,1H3;6H,2-5H2,1H3;1H2;1H. The Kier molecular flexibility index (Phi) is 42.6. The van der Waals surface area contributed by atoms with Gasteiger partial charge in [0, 0.05) is 109 Å². The van der Waals surface area contributed by atoms with Crippen LogP contribution < -0.4 is 48.4 Å². The third kappa shape index (κ3) is 38.6. The van der Waals surface area contributed by atoms with Crippen molar-refractivity contribution in [3.63, 3.8) is 0 Å². The van der Waals surface area contributed by atoms with Gasteiger partial charge in [0.2, 0.25) is 23.0 Å². The zero-order valence-corrected chi connectivity index (χ0v) is 51.5. The maximum atomic E-state index is 12.1. The van der Waals surface area contributed by atoms with E-state index in [2.05, 4.69) is 82.6 Å². The fourth-order valence-electron chi connectivity index (χ4n) is 10.4. The molecule has 0 atom stereocenters. The van der Waals surface area contributed by atoms with Crippen LogP contribution in [0.3, 0.4) is 0 Å². The van der Waals surface area contributed by atoms with Crippen LogP contribution in [0, 0.1) is 0 Å². The quantitative estimate of drug-likeness (QED) is 0.0594. The topological polar surface area (TPSA) is 281 Å². The average Bonchev–Trinajstić information content (AvgIpc) is 3.39. The molecule has 0 aromatic heterocycles. The van der Waals surface area contributed by atoms with Gasteiger partial charge in [0.1, 0.15) is 5.88 Å². The molecule has 0 radical (unpaired) electrons. The fraction of sp³-hybridized carbons (Fsp3) is 0.920. The van der Waals surface area contributed by atoms with Crippen molar-refractivity contribution >= 4 is 91.3 Å². The highest BCUT2D eigenvalue weighted by atomic mass is 35.5. The molecule has 3 heterocycles. The molecule has 3 aliphatic heterocycles. The van der Waals surface area contributed by atoms with E-state index in [0.717, 1.165) is 168 Å².